The summed E-state index contributed by atoms with van der Waals surface area (Å²) in [6.45, 7) is 0. The third kappa shape index (κ3) is 3.62. The predicted octanol–water partition coefficient (Wildman–Crippen LogP) is 3.13. The summed E-state index contributed by atoms with van der Waals surface area (Å²) in [7, 11) is 0. The van der Waals surface area contributed by atoms with E-state index >= 15 is 0 Å². The standard InChI is InChI=1S/C20H19N7O2S/c28-14-5-4-13(7-14)27-10-16(18(26-27)15-3-1-2-6-21-15)24-19(29)17-11-30-20(25-17)12-8-22-23-9-12/h1-3,6,8-11,13-14,28H,4-5,7H2,(H,22,23)(H,24,29)/t13-,14-/m0/s1. The van der Waals surface area contributed by atoms with Crippen molar-refractivity contribution in [3.63, 3.8) is 0 Å². The Labute approximate surface area is 175 Å². The fourth-order valence-electron chi connectivity index (χ4n) is 3.60. The zero-order valence-electron chi connectivity index (χ0n) is 15.9. The normalized spacial score (nSPS) is 18.6. The van der Waals surface area contributed by atoms with E-state index in [0.717, 1.165) is 23.4 Å². The number of anilines is 1. The number of H-pyrrole nitrogens is 1. The molecule has 5 rings (SSSR count). The van der Waals surface area contributed by atoms with E-state index in [-0.39, 0.29) is 18.1 Å². The zero-order valence-corrected chi connectivity index (χ0v) is 16.7. The van der Waals surface area contributed by atoms with Crippen LogP contribution in [-0.4, -0.2) is 47.1 Å². The molecule has 30 heavy (non-hydrogen) atoms. The number of nitrogens with zero attached hydrogens (tertiary/aromatic N) is 5. The highest BCUT2D eigenvalue weighted by molar-refractivity contribution is 7.13. The number of aromatic nitrogens is 6. The average Bonchev–Trinajstić information content (AvgIpc) is 3.54. The van der Waals surface area contributed by atoms with Crippen molar-refractivity contribution < 1.29 is 9.90 Å². The van der Waals surface area contributed by atoms with Crippen LogP contribution in [0.5, 0.6) is 0 Å². The molecule has 4 aromatic heterocycles. The number of nitrogens with one attached hydrogen (secondary N) is 2. The first-order chi connectivity index (χ1) is 14.7. The van der Waals surface area contributed by atoms with Gasteiger partial charge in [0.05, 0.1) is 29.7 Å². The lowest BCUT2D eigenvalue weighted by Gasteiger charge is -2.09. The molecule has 9 nitrogen and oxygen atoms in total. The summed E-state index contributed by atoms with van der Waals surface area (Å²) in [5, 5.41) is 26.6. The number of thiazole rings is 1. The summed E-state index contributed by atoms with van der Waals surface area (Å²) >= 11 is 1.38. The van der Waals surface area contributed by atoms with Crippen LogP contribution in [0.1, 0.15) is 35.8 Å². The highest BCUT2D eigenvalue weighted by atomic mass is 32.1. The van der Waals surface area contributed by atoms with E-state index in [4.69, 9.17) is 0 Å². The first kappa shape index (κ1) is 18.6. The quantitative estimate of drug-likeness (QED) is 0.455. The van der Waals surface area contributed by atoms with Gasteiger partial charge >= 0.3 is 0 Å². The maximum Gasteiger partial charge on any atom is 0.275 e. The van der Waals surface area contributed by atoms with E-state index in [1.165, 1.54) is 11.3 Å². The molecule has 0 bridgehead atoms. The van der Waals surface area contributed by atoms with Gasteiger partial charge in [0, 0.05) is 29.5 Å². The van der Waals surface area contributed by atoms with Crippen molar-refractivity contribution in [2.24, 2.45) is 0 Å². The van der Waals surface area contributed by atoms with E-state index < -0.39 is 0 Å². The van der Waals surface area contributed by atoms with E-state index in [9.17, 15) is 9.90 Å². The van der Waals surface area contributed by atoms with Crippen LogP contribution < -0.4 is 5.32 Å². The Kier molecular flexibility index (Phi) is 4.85. The number of carbonyl (C=O) groups excluding carboxylic acids is 1. The maximum atomic E-state index is 12.9. The Bertz CT molecular complexity index is 1150. The van der Waals surface area contributed by atoms with Crippen molar-refractivity contribution in [2.45, 2.75) is 31.4 Å². The molecule has 3 N–H and O–H groups in total. The molecule has 1 aliphatic carbocycles. The van der Waals surface area contributed by atoms with Gasteiger partial charge in [0.1, 0.15) is 16.4 Å². The molecule has 1 aliphatic rings. The maximum absolute atomic E-state index is 12.9. The molecule has 0 spiro atoms. The highest BCUT2D eigenvalue weighted by Crippen LogP contribution is 2.33. The van der Waals surface area contributed by atoms with Crippen molar-refractivity contribution in [1.82, 2.24) is 29.9 Å². The van der Waals surface area contributed by atoms with Gasteiger partial charge in [0.2, 0.25) is 0 Å². The van der Waals surface area contributed by atoms with Crippen LogP contribution in [0.4, 0.5) is 5.69 Å². The average molecular weight is 421 g/mol. The van der Waals surface area contributed by atoms with Gasteiger partial charge in [-0.3, -0.25) is 19.6 Å². The van der Waals surface area contributed by atoms with Crippen molar-refractivity contribution in [2.75, 3.05) is 5.32 Å². The largest absolute Gasteiger partial charge is 0.393 e. The van der Waals surface area contributed by atoms with Crippen LogP contribution in [0.25, 0.3) is 22.0 Å². The van der Waals surface area contributed by atoms with Crippen LogP contribution in [0.2, 0.25) is 0 Å². The molecule has 10 heteroatoms. The monoisotopic (exact) mass is 421 g/mol. The molecule has 1 amide bonds. The van der Waals surface area contributed by atoms with Crippen LogP contribution in [0.15, 0.2) is 48.4 Å². The molecular formula is C20H19N7O2S. The van der Waals surface area contributed by atoms with Crippen molar-refractivity contribution in [1.29, 1.82) is 0 Å². The van der Waals surface area contributed by atoms with Crippen LogP contribution in [0.3, 0.4) is 0 Å². The third-order valence-electron chi connectivity index (χ3n) is 5.12. The minimum atomic E-state index is -0.316. The second-order valence-corrected chi connectivity index (χ2v) is 8.04. The molecule has 0 aromatic carbocycles. The number of hydrogen-bond acceptors (Lipinski definition) is 7. The van der Waals surface area contributed by atoms with Crippen molar-refractivity contribution in [3.05, 3.63) is 54.1 Å². The van der Waals surface area contributed by atoms with E-state index in [2.05, 4.69) is 30.6 Å². The second-order valence-electron chi connectivity index (χ2n) is 7.19. The number of aliphatic hydroxyl groups excluding tert-OH is 1. The summed E-state index contributed by atoms with van der Waals surface area (Å²) in [6.07, 6.45) is 8.84. The molecular weight excluding hydrogens is 402 g/mol. The fraction of sp³-hybridized carbons (Fsp3) is 0.250. The van der Waals surface area contributed by atoms with Gasteiger partial charge < -0.3 is 10.4 Å². The second kappa shape index (κ2) is 7.81. The van der Waals surface area contributed by atoms with Crippen LogP contribution in [-0.2, 0) is 0 Å². The Morgan fingerprint density at radius 3 is 3.00 bits per heavy atom. The number of carbonyl (C=O) groups is 1. The summed E-state index contributed by atoms with van der Waals surface area (Å²) in [5.41, 5.74) is 2.99. The molecule has 2 atom stereocenters. The predicted molar refractivity (Wildman–Crippen MR) is 112 cm³/mol. The summed E-state index contributed by atoms with van der Waals surface area (Å²) < 4.78 is 1.83. The highest BCUT2D eigenvalue weighted by Gasteiger charge is 2.27. The Hall–Kier alpha value is -3.37. The number of hydrogen-bond donors (Lipinski definition) is 3. The Balaban J connectivity index is 1.44. The number of rotatable bonds is 5. The zero-order chi connectivity index (χ0) is 20.5. The first-order valence-electron chi connectivity index (χ1n) is 9.62. The smallest absolute Gasteiger partial charge is 0.275 e. The molecule has 0 aliphatic heterocycles. The van der Waals surface area contributed by atoms with Gasteiger partial charge in [-0.1, -0.05) is 6.07 Å². The lowest BCUT2D eigenvalue weighted by Crippen LogP contribution is -2.12. The molecule has 0 saturated heterocycles. The van der Waals surface area contributed by atoms with E-state index in [0.29, 0.717) is 29.2 Å². The van der Waals surface area contributed by atoms with E-state index in [1.54, 1.807) is 24.0 Å². The minimum Gasteiger partial charge on any atom is -0.393 e. The number of aliphatic hydroxyl groups is 1. The molecule has 4 aromatic rings. The van der Waals surface area contributed by atoms with Crippen molar-refractivity contribution >= 4 is 22.9 Å². The van der Waals surface area contributed by atoms with Gasteiger partial charge in [-0.15, -0.1) is 11.3 Å². The molecule has 1 fully saturated rings. The number of aromatic amines is 1. The topological polar surface area (TPSA) is 122 Å². The summed E-state index contributed by atoms with van der Waals surface area (Å²) in [6, 6.07) is 5.66. The van der Waals surface area contributed by atoms with Gasteiger partial charge in [0.15, 0.2) is 0 Å². The Morgan fingerprint density at radius 2 is 2.27 bits per heavy atom. The Morgan fingerprint density at radius 1 is 1.33 bits per heavy atom. The molecule has 1 saturated carbocycles. The van der Waals surface area contributed by atoms with Gasteiger partial charge in [0.25, 0.3) is 5.91 Å². The SMILES string of the molecule is O=C(Nc1cn([C@H]2CC[C@H](O)C2)nc1-c1ccccn1)c1csc(-c2cn[nH]c2)n1. The molecule has 4 heterocycles. The lowest BCUT2D eigenvalue weighted by atomic mass is 10.2. The fourth-order valence-corrected chi connectivity index (χ4v) is 4.38. The summed E-state index contributed by atoms with van der Waals surface area (Å²) in [5.74, 6) is -0.316. The van der Waals surface area contributed by atoms with Gasteiger partial charge in [-0.2, -0.15) is 10.2 Å². The van der Waals surface area contributed by atoms with Crippen LogP contribution >= 0.6 is 11.3 Å². The molecule has 152 valence electrons. The van der Waals surface area contributed by atoms with Crippen LogP contribution in [0, 0.1) is 0 Å². The minimum absolute atomic E-state index is 0.0973. The first-order valence-corrected chi connectivity index (χ1v) is 10.5. The van der Waals surface area contributed by atoms with E-state index in [1.807, 2.05) is 29.1 Å². The number of pyridine rings is 1. The van der Waals surface area contributed by atoms with Gasteiger partial charge in [-0.25, -0.2) is 4.98 Å². The third-order valence-corrected chi connectivity index (χ3v) is 6.01. The molecule has 0 radical (unpaired) electrons. The lowest BCUT2D eigenvalue weighted by molar-refractivity contribution is 0.102. The summed E-state index contributed by atoms with van der Waals surface area (Å²) in [4.78, 5) is 21.7. The number of amides is 1. The van der Waals surface area contributed by atoms with Gasteiger partial charge in [-0.05, 0) is 31.4 Å². The molecule has 0 unspecified atom stereocenters. The van der Waals surface area contributed by atoms with Crippen molar-refractivity contribution in [3.8, 4) is 22.0 Å².